The van der Waals surface area contributed by atoms with Crippen LogP contribution in [0.15, 0.2) is 0 Å². The van der Waals surface area contributed by atoms with E-state index in [1.54, 1.807) is 6.92 Å². The molecular formula is C13H22N2O5S. The molecule has 0 aromatic rings. The van der Waals surface area contributed by atoms with Gasteiger partial charge in [-0.25, -0.2) is 4.79 Å². The zero-order valence-corrected chi connectivity index (χ0v) is 13.0. The molecule has 3 aliphatic rings. The van der Waals surface area contributed by atoms with Crippen molar-refractivity contribution in [2.24, 2.45) is 11.8 Å². The molecule has 1 saturated carbocycles. The van der Waals surface area contributed by atoms with Gasteiger partial charge in [0, 0.05) is 19.7 Å². The number of ether oxygens (including phenoxy) is 1. The minimum absolute atomic E-state index is 0.0929. The summed E-state index contributed by atoms with van der Waals surface area (Å²) in [5, 5.41) is 9.23. The topological polar surface area (TPSA) is 87.1 Å². The maximum Gasteiger partial charge on any atom is 0.338 e. The number of hydrogen-bond donors (Lipinski definition) is 1. The number of fused-ring (bicyclic) bond motifs is 1. The molecule has 0 aromatic carbocycles. The minimum atomic E-state index is -3.54. The van der Waals surface area contributed by atoms with E-state index in [1.807, 2.05) is 0 Å². The van der Waals surface area contributed by atoms with Gasteiger partial charge in [0.05, 0.1) is 13.1 Å². The van der Waals surface area contributed by atoms with Crippen molar-refractivity contribution in [1.29, 1.82) is 0 Å². The molecule has 2 heterocycles. The van der Waals surface area contributed by atoms with Crippen molar-refractivity contribution < 1.29 is 23.1 Å². The average Bonchev–Trinajstić information content (AvgIpc) is 2.92. The quantitative estimate of drug-likeness (QED) is 0.779. The lowest BCUT2D eigenvalue weighted by Gasteiger charge is -2.46. The van der Waals surface area contributed by atoms with Gasteiger partial charge in [-0.15, -0.1) is 0 Å². The maximum absolute atomic E-state index is 12.6. The van der Waals surface area contributed by atoms with Crippen LogP contribution in [0.4, 0.5) is 0 Å². The third-order valence-electron chi connectivity index (χ3n) is 5.02. The summed E-state index contributed by atoms with van der Waals surface area (Å²) in [4.78, 5) is 11.3. The summed E-state index contributed by atoms with van der Waals surface area (Å²) in [6.45, 7) is 2.95. The number of carboxylic acids is 1. The smallest absolute Gasteiger partial charge is 0.338 e. The molecule has 3 rings (SSSR count). The van der Waals surface area contributed by atoms with Crippen molar-refractivity contribution in [1.82, 2.24) is 8.61 Å². The molecule has 0 spiro atoms. The fourth-order valence-electron chi connectivity index (χ4n) is 3.79. The Morgan fingerprint density at radius 1 is 1.24 bits per heavy atom. The van der Waals surface area contributed by atoms with E-state index in [4.69, 9.17) is 4.74 Å². The molecule has 21 heavy (non-hydrogen) atoms. The van der Waals surface area contributed by atoms with Crippen LogP contribution in [-0.4, -0.2) is 66.5 Å². The zero-order chi connectivity index (χ0) is 15.3. The van der Waals surface area contributed by atoms with Crippen molar-refractivity contribution in [2.45, 2.75) is 31.8 Å². The second-order valence-electron chi connectivity index (χ2n) is 6.28. The van der Waals surface area contributed by atoms with E-state index in [2.05, 4.69) is 0 Å². The Bertz CT molecular complexity index is 517. The molecule has 8 heteroatoms. The molecule has 1 aliphatic carbocycles. The largest absolute Gasteiger partial charge is 0.479 e. The molecule has 0 bridgehead atoms. The first kappa shape index (κ1) is 15.2. The number of aliphatic carboxylic acids is 1. The lowest BCUT2D eigenvalue weighted by molar-refractivity contribution is -0.181. The van der Waals surface area contributed by atoms with Gasteiger partial charge in [-0.1, -0.05) is 6.42 Å². The first-order chi connectivity index (χ1) is 9.89. The molecule has 0 amide bonds. The van der Waals surface area contributed by atoms with E-state index in [0.717, 1.165) is 12.8 Å². The lowest BCUT2D eigenvalue weighted by Crippen LogP contribution is -2.70. The van der Waals surface area contributed by atoms with Crippen molar-refractivity contribution in [3.63, 3.8) is 0 Å². The number of hydrogen-bond acceptors (Lipinski definition) is 4. The third kappa shape index (κ3) is 2.38. The fraction of sp³-hybridized carbons (Fsp3) is 0.923. The Morgan fingerprint density at radius 2 is 1.81 bits per heavy atom. The van der Waals surface area contributed by atoms with Crippen LogP contribution in [0, 0.1) is 11.8 Å². The SMILES string of the molecule is CCOC1(C(=O)O)CN(S(=O)(=O)N2C[C@H]3CCC[C@H]3C2)C1. The van der Waals surface area contributed by atoms with Crippen LogP contribution in [0.2, 0.25) is 0 Å². The van der Waals surface area contributed by atoms with Gasteiger partial charge in [-0.3, -0.25) is 0 Å². The van der Waals surface area contributed by atoms with E-state index >= 15 is 0 Å². The monoisotopic (exact) mass is 318 g/mol. The molecule has 0 radical (unpaired) electrons. The molecule has 0 aromatic heterocycles. The van der Waals surface area contributed by atoms with E-state index in [1.165, 1.54) is 15.0 Å². The highest BCUT2D eigenvalue weighted by atomic mass is 32.2. The second-order valence-corrected chi connectivity index (χ2v) is 8.20. The van der Waals surface area contributed by atoms with Gasteiger partial charge in [0.2, 0.25) is 0 Å². The van der Waals surface area contributed by atoms with E-state index < -0.39 is 21.8 Å². The van der Waals surface area contributed by atoms with E-state index in [0.29, 0.717) is 24.9 Å². The standard InChI is InChI=1S/C13H22N2O5S/c1-2-20-13(12(16)17)8-15(9-13)21(18,19)14-6-10-4-3-5-11(10)7-14/h10-11H,2-9H2,1H3,(H,16,17)/t10-,11+. The Morgan fingerprint density at radius 3 is 2.29 bits per heavy atom. The van der Waals surface area contributed by atoms with Crippen LogP contribution >= 0.6 is 0 Å². The highest BCUT2D eigenvalue weighted by Crippen LogP contribution is 2.40. The van der Waals surface area contributed by atoms with Crippen molar-refractivity contribution in [3.05, 3.63) is 0 Å². The highest BCUT2D eigenvalue weighted by molar-refractivity contribution is 7.86. The normalized spacial score (nSPS) is 32.8. The van der Waals surface area contributed by atoms with Crippen LogP contribution in [0.1, 0.15) is 26.2 Å². The van der Waals surface area contributed by atoms with Crippen molar-refractivity contribution in [2.75, 3.05) is 32.8 Å². The number of carbonyl (C=O) groups is 1. The number of rotatable bonds is 5. The third-order valence-corrected chi connectivity index (χ3v) is 6.88. The van der Waals surface area contributed by atoms with Crippen LogP contribution < -0.4 is 0 Å². The van der Waals surface area contributed by atoms with Gasteiger partial charge >= 0.3 is 5.97 Å². The minimum Gasteiger partial charge on any atom is -0.479 e. The second kappa shape index (κ2) is 5.19. The molecule has 2 saturated heterocycles. The summed E-state index contributed by atoms with van der Waals surface area (Å²) in [6.07, 6.45) is 3.41. The van der Waals surface area contributed by atoms with Crippen LogP contribution in [0.3, 0.4) is 0 Å². The summed E-state index contributed by atoms with van der Waals surface area (Å²) >= 11 is 0. The van der Waals surface area contributed by atoms with Gasteiger partial charge in [0.15, 0.2) is 5.60 Å². The first-order valence-electron chi connectivity index (χ1n) is 7.51. The molecule has 1 N–H and O–H groups in total. The molecule has 0 unspecified atom stereocenters. The Kier molecular flexibility index (Phi) is 3.76. The zero-order valence-electron chi connectivity index (χ0n) is 12.2. The van der Waals surface area contributed by atoms with Gasteiger partial charge in [0.1, 0.15) is 0 Å². The first-order valence-corrected chi connectivity index (χ1v) is 8.91. The number of nitrogens with zero attached hydrogens (tertiary/aromatic N) is 2. The summed E-state index contributed by atoms with van der Waals surface area (Å²) in [5.74, 6) is -0.122. The Hall–Kier alpha value is -0.700. The summed E-state index contributed by atoms with van der Waals surface area (Å²) < 4.78 is 33.2. The van der Waals surface area contributed by atoms with Crippen molar-refractivity contribution in [3.8, 4) is 0 Å². The van der Waals surface area contributed by atoms with Crippen LogP contribution in [0.25, 0.3) is 0 Å². The summed E-state index contributed by atoms with van der Waals surface area (Å²) in [5.41, 5.74) is -1.36. The molecule has 2 aliphatic heterocycles. The maximum atomic E-state index is 12.6. The van der Waals surface area contributed by atoms with E-state index in [9.17, 15) is 18.3 Å². The molecule has 7 nitrogen and oxygen atoms in total. The van der Waals surface area contributed by atoms with Crippen LogP contribution in [0.5, 0.6) is 0 Å². The average molecular weight is 318 g/mol. The molecule has 3 fully saturated rings. The van der Waals surface area contributed by atoms with E-state index in [-0.39, 0.29) is 19.7 Å². The molecule has 2 atom stereocenters. The fourth-order valence-corrected chi connectivity index (χ4v) is 5.62. The summed E-state index contributed by atoms with van der Waals surface area (Å²) in [6, 6.07) is 0. The number of carboxylic acid groups (broad SMARTS) is 1. The molecule has 120 valence electrons. The van der Waals surface area contributed by atoms with Gasteiger partial charge in [-0.05, 0) is 31.6 Å². The predicted molar refractivity (Wildman–Crippen MR) is 74.9 cm³/mol. The van der Waals surface area contributed by atoms with Crippen LogP contribution in [-0.2, 0) is 19.7 Å². The molecular weight excluding hydrogens is 296 g/mol. The summed E-state index contributed by atoms with van der Waals surface area (Å²) in [7, 11) is -3.54. The Balaban J connectivity index is 1.67. The van der Waals surface area contributed by atoms with Gasteiger partial charge in [-0.2, -0.15) is 17.0 Å². The predicted octanol–water partition coefficient (Wildman–Crippen LogP) is 0.139. The lowest BCUT2D eigenvalue weighted by atomic mass is 9.97. The van der Waals surface area contributed by atoms with Gasteiger partial charge < -0.3 is 9.84 Å². The van der Waals surface area contributed by atoms with Crippen molar-refractivity contribution >= 4 is 16.2 Å². The highest BCUT2D eigenvalue weighted by Gasteiger charge is 2.57. The van der Waals surface area contributed by atoms with Gasteiger partial charge in [0.25, 0.3) is 10.2 Å². The Labute approximate surface area is 125 Å².